The molecular formula is C10H18N4O3S. The molecule has 0 saturated carbocycles. The van der Waals surface area contributed by atoms with Gasteiger partial charge in [0.1, 0.15) is 4.90 Å². The molecule has 0 radical (unpaired) electrons. The Bertz CT molecular complexity index is 552. The Morgan fingerprint density at radius 2 is 2.22 bits per heavy atom. The summed E-state index contributed by atoms with van der Waals surface area (Å²) in [6.07, 6.45) is 1.43. The van der Waals surface area contributed by atoms with Gasteiger partial charge in [-0.3, -0.25) is 4.68 Å². The molecule has 0 spiro atoms. The highest BCUT2D eigenvalue weighted by molar-refractivity contribution is 7.89. The minimum absolute atomic E-state index is 0.0126. The van der Waals surface area contributed by atoms with E-state index in [1.807, 2.05) is 0 Å². The summed E-state index contributed by atoms with van der Waals surface area (Å²) < 4.78 is 27.9. The first-order chi connectivity index (χ1) is 8.39. The minimum atomic E-state index is -3.68. The molecule has 1 unspecified atom stereocenters. The molecule has 1 aliphatic heterocycles. The van der Waals surface area contributed by atoms with E-state index in [-0.39, 0.29) is 23.4 Å². The largest absolute Gasteiger partial charge is 0.395 e. The van der Waals surface area contributed by atoms with Crippen molar-refractivity contribution in [2.75, 3.05) is 18.9 Å². The van der Waals surface area contributed by atoms with Crippen LogP contribution in [0.4, 0.5) is 5.82 Å². The molecular weight excluding hydrogens is 256 g/mol. The zero-order valence-electron chi connectivity index (χ0n) is 10.5. The summed E-state index contributed by atoms with van der Waals surface area (Å²) in [6.45, 7) is 1.92. The first-order valence-corrected chi connectivity index (χ1v) is 7.25. The van der Waals surface area contributed by atoms with Gasteiger partial charge in [-0.15, -0.1) is 0 Å². The van der Waals surface area contributed by atoms with E-state index < -0.39 is 10.0 Å². The van der Waals surface area contributed by atoms with Gasteiger partial charge in [0.05, 0.1) is 12.3 Å². The molecule has 2 rings (SSSR count). The summed E-state index contributed by atoms with van der Waals surface area (Å²) in [4.78, 5) is 0.0605. The second-order valence-corrected chi connectivity index (χ2v) is 6.35. The number of nitrogens with two attached hydrogens (primary N) is 1. The van der Waals surface area contributed by atoms with E-state index in [0.29, 0.717) is 18.7 Å². The second kappa shape index (κ2) is 4.52. The fraction of sp³-hybridized carbons (Fsp3) is 0.700. The number of nitrogens with zero attached hydrogens (tertiary/aromatic N) is 3. The van der Waals surface area contributed by atoms with Crippen molar-refractivity contribution in [2.45, 2.75) is 30.7 Å². The first kappa shape index (κ1) is 13.3. The van der Waals surface area contributed by atoms with Crippen LogP contribution in [-0.4, -0.2) is 46.8 Å². The van der Waals surface area contributed by atoms with Crippen LogP contribution >= 0.6 is 0 Å². The van der Waals surface area contributed by atoms with Crippen LogP contribution in [0.1, 0.15) is 18.5 Å². The van der Waals surface area contributed by atoms with E-state index in [2.05, 4.69) is 5.10 Å². The molecule has 18 heavy (non-hydrogen) atoms. The van der Waals surface area contributed by atoms with Gasteiger partial charge in [-0.2, -0.15) is 9.40 Å². The monoisotopic (exact) mass is 274 g/mol. The number of aryl methyl sites for hydroxylation is 1. The first-order valence-electron chi connectivity index (χ1n) is 5.81. The van der Waals surface area contributed by atoms with Gasteiger partial charge in [-0.1, -0.05) is 0 Å². The molecule has 102 valence electrons. The van der Waals surface area contributed by atoms with Crippen molar-refractivity contribution in [1.82, 2.24) is 14.1 Å². The van der Waals surface area contributed by atoms with Crippen molar-refractivity contribution >= 4 is 15.8 Å². The van der Waals surface area contributed by atoms with E-state index >= 15 is 0 Å². The molecule has 7 nitrogen and oxygen atoms in total. The molecule has 1 atom stereocenters. The van der Waals surface area contributed by atoms with Gasteiger partial charge < -0.3 is 10.8 Å². The number of nitrogen functional groups attached to an aromatic ring is 1. The fourth-order valence-corrected chi connectivity index (χ4v) is 4.34. The highest BCUT2D eigenvalue weighted by Gasteiger charge is 2.38. The fourth-order valence-electron chi connectivity index (χ4n) is 2.36. The number of aliphatic hydroxyl groups excluding tert-OH is 1. The Hall–Kier alpha value is -1.12. The van der Waals surface area contributed by atoms with Gasteiger partial charge in [0.2, 0.25) is 10.0 Å². The molecule has 0 aliphatic carbocycles. The third-order valence-corrected chi connectivity index (χ3v) is 5.52. The Morgan fingerprint density at radius 1 is 1.56 bits per heavy atom. The average molecular weight is 274 g/mol. The van der Waals surface area contributed by atoms with E-state index in [4.69, 9.17) is 5.73 Å². The van der Waals surface area contributed by atoms with Crippen LogP contribution in [0.15, 0.2) is 4.90 Å². The maximum Gasteiger partial charge on any atom is 0.248 e. The molecule has 0 amide bonds. The van der Waals surface area contributed by atoms with Crippen LogP contribution < -0.4 is 5.73 Å². The SMILES string of the molecule is Cc1c(S(=O)(=O)N2CCCC2CO)c(N)nn1C. The second-order valence-electron chi connectivity index (χ2n) is 4.52. The summed E-state index contributed by atoms with van der Waals surface area (Å²) in [5.74, 6) is 0.0126. The Balaban J connectivity index is 2.48. The molecule has 1 fully saturated rings. The van der Waals surface area contributed by atoms with Crippen molar-refractivity contribution in [3.05, 3.63) is 5.69 Å². The van der Waals surface area contributed by atoms with Crippen LogP contribution in [-0.2, 0) is 17.1 Å². The number of aliphatic hydroxyl groups is 1. The molecule has 2 heterocycles. The summed E-state index contributed by atoms with van der Waals surface area (Å²) in [7, 11) is -2.02. The highest BCUT2D eigenvalue weighted by Crippen LogP contribution is 2.30. The van der Waals surface area contributed by atoms with Crippen LogP contribution in [0.25, 0.3) is 0 Å². The Labute approximate surface area is 106 Å². The zero-order valence-corrected chi connectivity index (χ0v) is 11.3. The number of sulfonamides is 1. The molecule has 0 aromatic carbocycles. The maximum atomic E-state index is 12.5. The minimum Gasteiger partial charge on any atom is -0.395 e. The van der Waals surface area contributed by atoms with Gasteiger partial charge in [0.15, 0.2) is 5.82 Å². The van der Waals surface area contributed by atoms with Crippen LogP contribution in [0.5, 0.6) is 0 Å². The number of anilines is 1. The van der Waals surface area contributed by atoms with Gasteiger partial charge >= 0.3 is 0 Å². The smallest absolute Gasteiger partial charge is 0.248 e. The number of hydrogen-bond donors (Lipinski definition) is 2. The Kier molecular flexibility index (Phi) is 3.35. The van der Waals surface area contributed by atoms with Crippen LogP contribution in [0, 0.1) is 6.92 Å². The lowest BCUT2D eigenvalue weighted by molar-refractivity contribution is 0.213. The number of hydrogen-bond acceptors (Lipinski definition) is 5. The molecule has 3 N–H and O–H groups in total. The van der Waals surface area contributed by atoms with Gasteiger partial charge in [-0.05, 0) is 19.8 Å². The molecule has 8 heteroatoms. The molecule has 1 aromatic rings. The van der Waals surface area contributed by atoms with E-state index in [0.717, 1.165) is 6.42 Å². The quantitative estimate of drug-likeness (QED) is 0.770. The predicted octanol–water partition coefficient (Wildman–Crippen LogP) is -0.544. The normalized spacial score (nSPS) is 21.6. The molecule has 1 aliphatic rings. The number of aromatic nitrogens is 2. The van der Waals surface area contributed by atoms with Gasteiger partial charge in [0.25, 0.3) is 0 Å². The van der Waals surface area contributed by atoms with E-state index in [1.165, 1.54) is 8.99 Å². The van der Waals surface area contributed by atoms with Gasteiger partial charge in [0, 0.05) is 19.6 Å². The topological polar surface area (TPSA) is 101 Å². The van der Waals surface area contributed by atoms with Crippen molar-refractivity contribution in [3.63, 3.8) is 0 Å². The molecule has 0 bridgehead atoms. The zero-order chi connectivity index (χ0) is 13.5. The third-order valence-electron chi connectivity index (χ3n) is 3.40. The lowest BCUT2D eigenvalue weighted by Crippen LogP contribution is -2.38. The summed E-state index contributed by atoms with van der Waals surface area (Å²) in [5.41, 5.74) is 6.19. The van der Waals surface area contributed by atoms with Crippen molar-refractivity contribution in [2.24, 2.45) is 7.05 Å². The average Bonchev–Trinajstić information content (AvgIpc) is 2.85. The van der Waals surface area contributed by atoms with Crippen LogP contribution in [0.3, 0.4) is 0 Å². The van der Waals surface area contributed by atoms with Crippen molar-refractivity contribution < 1.29 is 13.5 Å². The molecule has 1 saturated heterocycles. The van der Waals surface area contributed by atoms with Crippen LogP contribution in [0.2, 0.25) is 0 Å². The summed E-state index contributed by atoms with van der Waals surface area (Å²) in [6, 6.07) is -0.353. The lowest BCUT2D eigenvalue weighted by Gasteiger charge is -2.22. The van der Waals surface area contributed by atoms with Crippen molar-refractivity contribution in [1.29, 1.82) is 0 Å². The standard InChI is InChI=1S/C10H18N4O3S/c1-7-9(10(11)12-13(7)2)18(16,17)14-5-3-4-8(14)6-15/h8,15H,3-6H2,1-2H3,(H2,11,12). The van der Waals surface area contributed by atoms with Gasteiger partial charge in [-0.25, -0.2) is 8.42 Å². The number of rotatable bonds is 3. The molecule has 1 aromatic heterocycles. The summed E-state index contributed by atoms with van der Waals surface area (Å²) >= 11 is 0. The van der Waals surface area contributed by atoms with Crippen molar-refractivity contribution in [3.8, 4) is 0 Å². The lowest BCUT2D eigenvalue weighted by atomic mass is 10.2. The Morgan fingerprint density at radius 3 is 2.72 bits per heavy atom. The highest BCUT2D eigenvalue weighted by atomic mass is 32.2. The summed E-state index contributed by atoms with van der Waals surface area (Å²) in [5, 5.41) is 13.2. The van der Waals surface area contributed by atoms with E-state index in [9.17, 15) is 13.5 Å². The van der Waals surface area contributed by atoms with E-state index in [1.54, 1.807) is 14.0 Å². The maximum absolute atomic E-state index is 12.5. The third kappa shape index (κ3) is 1.90. The predicted molar refractivity (Wildman–Crippen MR) is 66.4 cm³/mol.